The average Bonchev–Trinajstić information content (AvgIpc) is 2.49. The highest BCUT2D eigenvalue weighted by molar-refractivity contribution is 5.94. The van der Waals surface area contributed by atoms with Crippen LogP contribution in [0.25, 0.3) is 0 Å². The molecule has 0 saturated carbocycles. The first-order chi connectivity index (χ1) is 9.69. The van der Waals surface area contributed by atoms with E-state index in [2.05, 4.69) is 12.2 Å². The number of carbonyl (C=O) groups is 1. The molecule has 3 heteroatoms. The molecule has 1 atom stereocenters. The van der Waals surface area contributed by atoms with Crippen LogP contribution in [0.2, 0.25) is 0 Å². The molecule has 2 aromatic carbocycles. The van der Waals surface area contributed by atoms with Crippen LogP contribution in [0.15, 0.2) is 54.6 Å². The Kier molecular flexibility index (Phi) is 4.77. The number of nitrogens with one attached hydrogen (secondary N) is 1. The summed E-state index contributed by atoms with van der Waals surface area (Å²) in [6, 6.07) is 17.2. The van der Waals surface area contributed by atoms with Gasteiger partial charge in [-0.1, -0.05) is 37.3 Å². The number of ether oxygens (including phenoxy) is 1. The molecule has 2 aromatic rings. The van der Waals surface area contributed by atoms with E-state index in [1.165, 1.54) is 5.56 Å². The lowest BCUT2D eigenvalue weighted by Gasteiger charge is -2.14. The first-order valence-corrected chi connectivity index (χ1v) is 6.80. The molecule has 3 nitrogen and oxygen atoms in total. The van der Waals surface area contributed by atoms with Crippen LogP contribution < -0.4 is 10.1 Å². The van der Waals surface area contributed by atoms with Crippen LogP contribution in [0.3, 0.4) is 0 Å². The zero-order valence-corrected chi connectivity index (χ0v) is 11.8. The highest BCUT2D eigenvalue weighted by atomic mass is 16.5. The highest BCUT2D eigenvalue weighted by Gasteiger charge is 2.14. The molecule has 0 aliphatic carbocycles. The average molecular weight is 269 g/mol. The Labute approximate surface area is 119 Å². The fraction of sp³-hybridized carbons (Fsp3) is 0.235. The Bertz CT molecular complexity index is 549. The molecular formula is C17H19NO2. The second kappa shape index (κ2) is 6.75. The summed E-state index contributed by atoms with van der Waals surface area (Å²) in [6.45, 7) is 3.84. The van der Waals surface area contributed by atoms with E-state index in [1.54, 1.807) is 6.92 Å². The SMILES string of the molecule is CCc1ccc(NC(=O)[C@@H](C)Oc2ccccc2)cc1. The molecule has 0 radical (unpaired) electrons. The minimum atomic E-state index is -0.539. The summed E-state index contributed by atoms with van der Waals surface area (Å²) in [5.74, 6) is 0.537. The van der Waals surface area contributed by atoms with Gasteiger partial charge in [-0.3, -0.25) is 4.79 Å². The maximum Gasteiger partial charge on any atom is 0.265 e. The van der Waals surface area contributed by atoms with Crippen LogP contribution in [0.4, 0.5) is 5.69 Å². The van der Waals surface area contributed by atoms with Crippen molar-refractivity contribution in [2.45, 2.75) is 26.4 Å². The maximum absolute atomic E-state index is 12.0. The summed E-state index contributed by atoms with van der Waals surface area (Å²) in [6.07, 6.45) is 0.449. The van der Waals surface area contributed by atoms with Crippen molar-refractivity contribution in [3.63, 3.8) is 0 Å². The van der Waals surface area contributed by atoms with Crippen molar-refractivity contribution in [3.8, 4) is 5.75 Å². The Morgan fingerprint density at radius 2 is 1.75 bits per heavy atom. The van der Waals surface area contributed by atoms with E-state index in [0.717, 1.165) is 12.1 Å². The summed E-state index contributed by atoms with van der Waals surface area (Å²) in [4.78, 5) is 12.0. The van der Waals surface area contributed by atoms with Crippen LogP contribution in [-0.4, -0.2) is 12.0 Å². The Morgan fingerprint density at radius 3 is 2.35 bits per heavy atom. The van der Waals surface area contributed by atoms with Crippen LogP contribution >= 0.6 is 0 Å². The summed E-state index contributed by atoms with van der Waals surface area (Å²) in [7, 11) is 0. The van der Waals surface area contributed by atoms with Crippen LogP contribution in [0.5, 0.6) is 5.75 Å². The van der Waals surface area contributed by atoms with Gasteiger partial charge in [-0.15, -0.1) is 0 Å². The minimum absolute atomic E-state index is 0.155. The molecule has 0 aromatic heterocycles. The standard InChI is InChI=1S/C17H19NO2/c1-3-14-9-11-15(12-10-14)18-17(19)13(2)20-16-7-5-4-6-8-16/h4-13H,3H2,1-2H3,(H,18,19)/t13-/m1/s1. The number of hydrogen-bond donors (Lipinski definition) is 1. The number of para-hydroxylation sites is 1. The van der Waals surface area contributed by atoms with E-state index in [-0.39, 0.29) is 5.91 Å². The van der Waals surface area contributed by atoms with Gasteiger partial charge in [-0.25, -0.2) is 0 Å². The highest BCUT2D eigenvalue weighted by Crippen LogP contribution is 2.13. The molecule has 1 amide bonds. The van der Waals surface area contributed by atoms with Crippen molar-refractivity contribution in [1.82, 2.24) is 0 Å². The number of rotatable bonds is 5. The van der Waals surface area contributed by atoms with Crippen molar-refractivity contribution in [2.24, 2.45) is 0 Å². The van der Waals surface area contributed by atoms with Gasteiger partial charge in [0, 0.05) is 5.69 Å². The number of carbonyl (C=O) groups excluding carboxylic acids is 1. The van der Waals surface area contributed by atoms with Gasteiger partial charge in [0.05, 0.1) is 0 Å². The van der Waals surface area contributed by atoms with E-state index in [0.29, 0.717) is 5.75 Å². The molecule has 0 heterocycles. The second-order valence-corrected chi connectivity index (χ2v) is 4.61. The molecule has 0 bridgehead atoms. The Hall–Kier alpha value is -2.29. The molecule has 20 heavy (non-hydrogen) atoms. The summed E-state index contributed by atoms with van der Waals surface area (Å²) >= 11 is 0. The van der Waals surface area contributed by atoms with E-state index < -0.39 is 6.10 Å². The molecule has 0 spiro atoms. The Balaban J connectivity index is 1.93. The van der Waals surface area contributed by atoms with Gasteiger partial charge in [0.2, 0.25) is 0 Å². The van der Waals surface area contributed by atoms with Crippen molar-refractivity contribution in [2.75, 3.05) is 5.32 Å². The molecule has 0 unspecified atom stereocenters. The third-order valence-electron chi connectivity index (χ3n) is 3.06. The molecule has 2 rings (SSSR count). The molecule has 1 N–H and O–H groups in total. The first kappa shape index (κ1) is 14.1. The smallest absolute Gasteiger partial charge is 0.265 e. The third-order valence-corrected chi connectivity index (χ3v) is 3.06. The fourth-order valence-corrected chi connectivity index (χ4v) is 1.82. The van der Waals surface area contributed by atoms with E-state index in [9.17, 15) is 4.79 Å². The normalized spacial score (nSPS) is 11.7. The third kappa shape index (κ3) is 3.85. The molecule has 0 saturated heterocycles. The van der Waals surface area contributed by atoms with Crippen molar-refractivity contribution in [3.05, 3.63) is 60.2 Å². The maximum atomic E-state index is 12.0. The lowest BCUT2D eigenvalue weighted by atomic mass is 10.1. The van der Waals surface area contributed by atoms with Gasteiger partial charge in [-0.05, 0) is 43.2 Å². The topological polar surface area (TPSA) is 38.3 Å². The fourth-order valence-electron chi connectivity index (χ4n) is 1.82. The number of hydrogen-bond acceptors (Lipinski definition) is 2. The molecular weight excluding hydrogens is 250 g/mol. The van der Waals surface area contributed by atoms with E-state index in [1.807, 2.05) is 54.6 Å². The zero-order valence-electron chi connectivity index (χ0n) is 11.8. The predicted octanol–water partition coefficient (Wildman–Crippen LogP) is 3.66. The molecule has 0 fully saturated rings. The van der Waals surface area contributed by atoms with Crippen LogP contribution in [0, 0.1) is 0 Å². The van der Waals surface area contributed by atoms with Crippen LogP contribution in [-0.2, 0) is 11.2 Å². The quantitative estimate of drug-likeness (QED) is 0.899. The largest absolute Gasteiger partial charge is 0.481 e. The first-order valence-electron chi connectivity index (χ1n) is 6.80. The van der Waals surface area contributed by atoms with Gasteiger partial charge >= 0.3 is 0 Å². The van der Waals surface area contributed by atoms with Gasteiger partial charge in [-0.2, -0.15) is 0 Å². The van der Waals surface area contributed by atoms with Crippen LogP contribution in [0.1, 0.15) is 19.4 Å². The van der Waals surface area contributed by atoms with E-state index >= 15 is 0 Å². The number of benzene rings is 2. The van der Waals surface area contributed by atoms with Crippen molar-refractivity contribution >= 4 is 11.6 Å². The number of aryl methyl sites for hydroxylation is 1. The zero-order chi connectivity index (χ0) is 14.4. The van der Waals surface area contributed by atoms with Gasteiger partial charge in [0.1, 0.15) is 5.75 Å². The molecule has 0 aliphatic rings. The molecule has 0 aliphatic heterocycles. The Morgan fingerprint density at radius 1 is 1.10 bits per heavy atom. The van der Waals surface area contributed by atoms with Crippen molar-refractivity contribution < 1.29 is 9.53 Å². The summed E-state index contributed by atoms with van der Waals surface area (Å²) in [5, 5.41) is 2.85. The monoisotopic (exact) mass is 269 g/mol. The van der Waals surface area contributed by atoms with Gasteiger partial charge in [0.25, 0.3) is 5.91 Å². The summed E-state index contributed by atoms with van der Waals surface area (Å²) in [5.41, 5.74) is 2.03. The lowest BCUT2D eigenvalue weighted by molar-refractivity contribution is -0.122. The number of anilines is 1. The minimum Gasteiger partial charge on any atom is -0.481 e. The van der Waals surface area contributed by atoms with E-state index in [4.69, 9.17) is 4.74 Å². The lowest BCUT2D eigenvalue weighted by Crippen LogP contribution is -2.30. The summed E-state index contributed by atoms with van der Waals surface area (Å²) < 4.78 is 5.58. The number of amides is 1. The van der Waals surface area contributed by atoms with Crippen molar-refractivity contribution in [1.29, 1.82) is 0 Å². The molecule has 104 valence electrons. The van der Waals surface area contributed by atoms with Gasteiger partial charge in [0.15, 0.2) is 6.10 Å². The van der Waals surface area contributed by atoms with Gasteiger partial charge < -0.3 is 10.1 Å². The predicted molar refractivity (Wildman–Crippen MR) is 81.0 cm³/mol. The second-order valence-electron chi connectivity index (χ2n) is 4.61.